The number of fused-ring (bicyclic) bond motifs is 1. The fourth-order valence-electron chi connectivity index (χ4n) is 2.19. The first-order valence-electron chi connectivity index (χ1n) is 5.61. The molecule has 0 saturated carbocycles. The molecule has 1 aliphatic rings. The smallest absolute Gasteiger partial charge is 0.138 e. The predicted octanol–water partition coefficient (Wildman–Crippen LogP) is 3.10. The number of nitrogens with zero attached hydrogens (tertiary/aromatic N) is 1. The number of ether oxygens (including phenoxy) is 1. The summed E-state index contributed by atoms with van der Waals surface area (Å²) in [6.45, 7) is 1.37. The lowest BCUT2D eigenvalue weighted by Gasteiger charge is -2.10. The van der Waals surface area contributed by atoms with Crippen LogP contribution in [0.5, 0.6) is 5.75 Å². The highest BCUT2D eigenvalue weighted by Gasteiger charge is 2.22. The molecule has 0 aliphatic carbocycles. The van der Waals surface area contributed by atoms with E-state index in [2.05, 4.69) is 4.98 Å². The van der Waals surface area contributed by atoms with E-state index >= 15 is 0 Å². The fraction of sp³-hybridized carbons (Fsp3) is 0.308. The van der Waals surface area contributed by atoms with Gasteiger partial charge in [0.05, 0.1) is 17.8 Å². The van der Waals surface area contributed by atoms with Crippen LogP contribution in [0.4, 0.5) is 0 Å². The molecule has 0 amide bonds. The van der Waals surface area contributed by atoms with E-state index in [9.17, 15) is 5.11 Å². The Kier molecular flexibility index (Phi) is 2.65. The molecular formula is C13H12ClNO2. The molecule has 0 radical (unpaired) electrons. The summed E-state index contributed by atoms with van der Waals surface area (Å²) in [5, 5.41) is 11.5. The van der Waals surface area contributed by atoms with Crippen LogP contribution >= 0.6 is 11.6 Å². The van der Waals surface area contributed by atoms with Crippen LogP contribution in [0.1, 0.15) is 18.0 Å². The standard InChI is InChI=1S/C13H12ClNO2/c14-10-2-1-8-5-12(16)13(15-11(8)6-10)9-3-4-17-7-9/h1-2,5-6,9,16H,3-4,7H2. The van der Waals surface area contributed by atoms with Crippen molar-refractivity contribution in [2.24, 2.45) is 0 Å². The summed E-state index contributed by atoms with van der Waals surface area (Å²) in [4.78, 5) is 4.50. The molecule has 1 N–H and O–H groups in total. The van der Waals surface area contributed by atoms with E-state index in [4.69, 9.17) is 16.3 Å². The van der Waals surface area contributed by atoms with Crippen molar-refractivity contribution in [3.63, 3.8) is 0 Å². The normalized spacial score (nSPS) is 19.9. The number of aromatic nitrogens is 1. The Morgan fingerprint density at radius 2 is 2.24 bits per heavy atom. The first-order chi connectivity index (χ1) is 8.24. The summed E-state index contributed by atoms with van der Waals surface area (Å²) < 4.78 is 5.33. The van der Waals surface area contributed by atoms with Crippen molar-refractivity contribution in [2.45, 2.75) is 12.3 Å². The van der Waals surface area contributed by atoms with Crippen molar-refractivity contribution in [1.29, 1.82) is 0 Å². The lowest BCUT2D eigenvalue weighted by atomic mass is 10.0. The van der Waals surface area contributed by atoms with Crippen LogP contribution in [-0.4, -0.2) is 23.3 Å². The maximum absolute atomic E-state index is 9.99. The van der Waals surface area contributed by atoms with Gasteiger partial charge in [-0.05, 0) is 24.6 Å². The van der Waals surface area contributed by atoms with Gasteiger partial charge in [0.2, 0.25) is 0 Å². The van der Waals surface area contributed by atoms with E-state index in [1.54, 1.807) is 12.1 Å². The Labute approximate surface area is 104 Å². The van der Waals surface area contributed by atoms with E-state index in [0.717, 1.165) is 29.6 Å². The molecule has 0 spiro atoms. The number of benzene rings is 1. The van der Waals surface area contributed by atoms with Gasteiger partial charge in [-0.25, -0.2) is 4.98 Å². The lowest BCUT2D eigenvalue weighted by molar-refractivity contribution is 0.193. The topological polar surface area (TPSA) is 42.4 Å². The van der Waals surface area contributed by atoms with Gasteiger partial charge in [0, 0.05) is 22.9 Å². The highest BCUT2D eigenvalue weighted by Crippen LogP contribution is 2.33. The van der Waals surface area contributed by atoms with Crippen LogP contribution in [0.25, 0.3) is 10.9 Å². The second kappa shape index (κ2) is 4.17. The molecule has 1 atom stereocenters. The molecule has 2 heterocycles. The molecule has 4 heteroatoms. The minimum atomic E-state index is 0.193. The highest BCUT2D eigenvalue weighted by molar-refractivity contribution is 6.31. The molecule has 2 aromatic rings. The third-order valence-corrected chi connectivity index (χ3v) is 3.34. The molecule has 1 aromatic heterocycles. The van der Waals surface area contributed by atoms with Crippen LogP contribution < -0.4 is 0 Å². The van der Waals surface area contributed by atoms with Gasteiger partial charge in [-0.2, -0.15) is 0 Å². The Bertz CT molecular complexity index is 565. The van der Waals surface area contributed by atoms with Crippen molar-refractivity contribution in [3.8, 4) is 5.75 Å². The van der Waals surface area contributed by atoms with Gasteiger partial charge in [-0.3, -0.25) is 0 Å². The maximum Gasteiger partial charge on any atom is 0.138 e. The Morgan fingerprint density at radius 1 is 1.35 bits per heavy atom. The molecule has 17 heavy (non-hydrogen) atoms. The van der Waals surface area contributed by atoms with Gasteiger partial charge < -0.3 is 9.84 Å². The van der Waals surface area contributed by atoms with Crippen LogP contribution in [0.2, 0.25) is 5.02 Å². The molecule has 1 unspecified atom stereocenters. The van der Waals surface area contributed by atoms with E-state index in [0.29, 0.717) is 11.6 Å². The van der Waals surface area contributed by atoms with Crippen LogP contribution in [-0.2, 0) is 4.74 Å². The summed E-state index contributed by atoms with van der Waals surface area (Å²) in [6.07, 6.45) is 0.909. The molecule has 1 aliphatic heterocycles. The van der Waals surface area contributed by atoms with Gasteiger partial charge in [0.1, 0.15) is 5.75 Å². The summed E-state index contributed by atoms with van der Waals surface area (Å²) in [5.41, 5.74) is 1.54. The number of hydrogen-bond donors (Lipinski definition) is 1. The second-order valence-electron chi connectivity index (χ2n) is 4.29. The number of aromatic hydroxyl groups is 1. The molecule has 3 rings (SSSR count). The molecule has 1 fully saturated rings. The van der Waals surface area contributed by atoms with Crippen molar-refractivity contribution in [2.75, 3.05) is 13.2 Å². The van der Waals surface area contributed by atoms with Gasteiger partial charge >= 0.3 is 0 Å². The Hall–Kier alpha value is -1.32. The Morgan fingerprint density at radius 3 is 3.00 bits per heavy atom. The molecule has 1 aromatic carbocycles. The minimum Gasteiger partial charge on any atom is -0.506 e. The van der Waals surface area contributed by atoms with E-state index in [1.165, 1.54) is 0 Å². The minimum absolute atomic E-state index is 0.193. The number of rotatable bonds is 1. The summed E-state index contributed by atoms with van der Waals surface area (Å²) in [5.74, 6) is 0.439. The fourth-order valence-corrected chi connectivity index (χ4v) is 2.36. The van der Waals surface area contributed by atoms with Crippen molar-refractivity contribution >= 4 is 22.5 Å². The third-order valence-electron chi connectivity index (χ3n) is 3.10. The van der Waals surface area contributed by atoms with Crippen molar-refractivity contribution in [1.82, 2.24) is 4.98 Å². The zero-order valence-electron chi connectivity index (χ0n) is 9.19. The maximum atomic E-state index is 9.99. The van der Waals surface area contributed by atoms with Gasteiger partial charge in [-0.1, -0.05) is 17.7 Å². The van der Waals surface area contributed by atoms with E-state index < -0.39 is 0 Å². The molecule has 0 bridgehead atoms. The van der Waals surface area contributed by atoms with Crippen molar-refractivity contribution < 1.29 is 9.84 Å². The monoisotopic (exact) mass is 249 g/mol. The van der Waals surface area contributed by atoms with E-state index in [-0.39, 0.29) is 11.7 Å². The number of hydrogen-bond acceptors (Lipinski definition) is 3. The first-order valence-corrected chi connectivity index (χ1v) is 5.99. The quantitative estimate of drug-likeness (QED) is 0.845. The molecular weight excluding hydrogens is 238 g/mol. The predicted molar refractivity (Wildman–Crippen MR) is 66.6 cm³/mol. The molecule has 88 valence electrons. The van der Waals surface area contributed by atoms with Gasteiger partial charge in [-0.15, -0.1) is 0 Å². The van der Waals surface area contributed by atoms with Crippen LogP contribution in [0, 0.1) is 0 Å². The average molecular weight is 250 g/mol. The SMILES string of the molecule is Oc1cc2ccc(Cl)cc2nc1C1CCOC1. The molecule has 3 nitrogen and oxygen atoms in total. The first kappa shape index (κ1) is 10.8. The zero-order valence-corrected chi connectivity index (χ0v) is 9.94. The Balaban J connectivity index is 2.14. The lowest BCUT2D eigenvalue weighted by Crippen LogP contribution is -2.01. The zero-order chi connectivity index (χ0) is 11.8. The van der Waals surface area contributed by atoms with Crippen LogP contribution in [0.3, 0.4) is 0 Å². The summed E-state index contributed by atoms with van der Waals surface area (Å²) >= 11 is 5.94. The highest BCUT2D eigenvalue weighted by atomic mass is 35.5. The number of pyridine rings is 1. The summed E-state index contributed by atoms with van der Waals surface area (Å²) in [6, 6.07) is 7.21. The number of halogens is 1. The van der Waals surface area contributed by atoms with Crippen LogP contribution in [0.15, 0.2) is 24.3 Å². The van der Waals surface area contributed by atoms with Gasteiger partial charge in [0.15, 0.2) is 0 Å². The van der Waals surface area contributed by atoms with Gasteiger partial charge in [0.25, 0.3) is 0 Å². The average Bonchev–Trinajstić information content (AvgIpc) is 2.82. The third kappa shape index (κ3) is 1.96. The van der Waals surface area contributed by atoms with Crippen molar-refractivity contribution in [3.05, 3.63) is 35.0 Å². The largest absolute Gasteiger partial charge is 0.506 e. The summed E-state index contributed by atoms with van der Waals surface area (Å²) in [7, 11) is 0. The van der Waals surface area contributed by atoms with E-state index in [1.807, 2.05) is 12.1 Å². The molecule has 1 saturated heterocycles. The second-order valence-corrected chi connectivity index (χ2v) is 4.73.